The van der Waals surface area contributed by atoms with Crippen molar-refractivity contribution in [2.24, 2.45) is 0 Å². The van der Waals surface area contributed by atoms with Crippen LogP contribution >= 0.6 is 0 Å². The minimum atomic E-state index is -4.31. The maximum Gasteiger partial charge on any atom is 0.340 e. The largest absolute Gasteiger partial charge is 0.462 e. The Hall–Kier alpha value is -3.63. The predicted molar refractivity (Wildman–Crippen MR) is 138 cm³/mol. The molecule has 2 aromatic carbocycles. The van der Waals surface area contributed by atoms with Gasteiger partial charge in [-0.3, -0.25) is 4.79 Å². The van der Waals surface area contributed by atoms with E-state index in [0.717, 1.165) is 24.8 Å². The van der Waals surface area contributed by atoms with Crippen LogP contribution in [-0.2, 0) is 26.1 Å². The van der Waals surface area contributed by atoms with Crippen LogP contribution in [0.3, 0.4) is 0 Å². The molecule has 1 saturated heterocycles. The number of carbonyl (C=O) groups excluding carboxylic acids is 2. The van der Waals surface area contributed by atoms with E-state index in [1.54, 1.807) is 35.2 Å². The summed E-state index contributed by atoms with van der Waals surface area (Å²) >= 11 is 0. The first-order valence-electron chi connectivity index (χ1n) is 12.6. The molecule has 1 aliphatic rings. The van der Waals surface area contributed by atoms with Crippen LogP contribution < -0.4 is 4.18 Å². The van der Waals surface area contributed by atoms with Crippen LogP contribution in [0.5, 0.6) is 5.75 Å². The summed E-state index contributed by atoms with van der Waals surface area (Å²) in [5, 5.41) is 0. The van der Waals surface area contributed by atoms with Crippen molar-refractivity contribution in [1.82, 2.24) is 4.90 Å². The molecule has 1 aliphatic heterocycles. The van der Waals surface area contributed by atoms with Crippen molar-refractivity contribution in [3.05, 3.63) is 83.8 Å². The lowest BCUT2D eigenvalue weighted by Gasteiger charge is -2.25. The van der Waals surface area contributed by atoms with Crippen LogP contribution in [0.25, 0.3) is 0 Å². The molecule has 1 atom stereocenters. The molecule has 2 heterocycles. The van der Waals surface area contributed by atoms with Crippen LogP contribution in [0.4, 0.5) is 0 Å². The molecule has 0 N–H and O–H groups in total. The number of furan rings is 1. The molecule has 1 fully saturated rings. The van der Waals surface area contributed by atoms with Gasteiger partial charge in [0.15, 0.2) is 5.76 Å². The Bertz CT molecular complexity index is 1310. The molecular formula is C28H31NO8S. The summed E-state index contributed by atoms with van der Waals surface area (Å²) in [6, 6.07) is 15.5. The molecule has 1 amide bonds. The molecule has 0 saturated carbocycles. The quantitative estimate of drug-likeness (QED) is 0.182. The van der Waals surface area contributed by atoms with Crippen molar-refractivity contribution in [3.8, 4) is 5.75 Å². The average Bonchev–Trinajstić information content (AvgIpc) is 3.64. The number of nitrogens with zero attached hydrogens (tertiary/aromatic N) is 1. The number of carbonyl (C=O) groups is 2. The maximum absolute atomic E-state index is 13.0. The molecule has 0 unspecified atom stereocenters. The first-order valence-corrected chi connectivity index (χ1v) is 14.0. The van der Waals surface area contributed by atoms with E-state index in [9.17, 15) is 18.0 Å². The highest BCUT2D eigenvalue weighted by Gasteiger charge is 2.27. The van der Waals surface area contributed by atoms with E-state index in [1.807, 2.05) is 6.92 Å². The normalized spacial score (nSPS) is 15.2. The van der Waals surface area contributed by atoms with Gasteiger partial charge < -0.3 is 23.0 Å². The lowest BCUT2D eigenvalue weighted by molar-refractivity contribution is 0.0482. The molecule has 10 heteroatoms. The summed E-state index contributed by atoms with van der Waals surface area (Å²) in [6.45, 7) is 3.53. The third kappa shape index (κ3) is 7.02. The predicted octanol–water partition coefficient (Wildman–Crippen LogP) is 4.83. The molecule has 0 spiro atoms. The van der Waals surface area contributed by atoms with Crippen molar-refractivity contribution in [1.29, 1.82) is 0 Å². The molecule has 9 nitrogen and oxygen atoms in total. The van der Waals surface area contributed by atoms with Gasteiger partial charge >= 0.3 is 16.1 Å². The first-order chi connectivity index (χ1) is 18.4. The molecule has 1 aromatic heterocycles. The lowest BCUT2D eigenvalue weighted by Crippen LogP contribution is -2.36. The number of amides is 1. The molecule has 4 rings (SSSR count). The Morgan fingerprint density at radius 1 is 1.05 bits per heavy atom. The topological polar surface area (TPSA) is 112 Å². The fourth-order valence-corrected chi connectivity index (χ4v) is 5.21. The number of ether oxygens (including phenoxy) is 2. The second-order valence-electron chi connectivity index (χ2n) is 8.97. The summed E-state index contributed by atoms with van der Waals surface area (Å²) in [5.41, 5.74) is 0.689. The van der Waals surface area contributed by atoms with Crippen LogP contribution in [0.1, 0.15) is 59.1 Å². The van der Waals surface area contributed by atoms with Gasteiger partial charge in [0, 0.05) is 19.7 Å². The van der Waals surface area contributed by atoms with E-state index < -0.39 is 16.1 Å². The van der Waals surface area contributed by atoms with E-state index >= 15 is 0 Å². The van der Waals surface area contributed by atoms with Gasteiger partial charge in [-0.05, 0) is 61.2 Å². The van der Waals surface area contributed by atoms with E-state index in [0.29, 0.717) is 19.6 Å². The smallest absolute Gasteiger partial charge is 0.340 e. The van der Waals surface area contributed by atoms with Crippen molar-refractivity contribution in [3.63, 3.8) is 0 Å². The Morgan fingerprint density at radius 3 is 2.53 bits per heavy atom. The van der Waals surface area contributed by atoms with Crippen molar-refractivity contribution in [2.75, 3.05) is 19.8 Å². The van der Waals surface area contributed by atoms with Crippen LogP contribution in [-0.4, -0.2) is 51.1 Å². The molecular weight excluding hydrogens is 510 g/mol. The highest BCUT2D eigenvalue weighted by Crippen LogP contribution is 2.24. The standard InChI is InChI=1S/C28H31NO8S/c1-2-3-16-36-28(31)24-9-4-5-11-26(24)38(32,33)37-22-14-12-21(13-15-22)19-29(20-23-8-6-17-34-23)27(30)25-10-7-18-35-25/h4-5,7,9-15,18,23H,2-3,6,8,16-17,19-20H2,1H3/t23-/m1/s1. The van der Waals surface area contributed by atoms with Crippen LogP contribution in [0.15, 0.2) is 76.2 Å². The van der Waals surface area contributed by atoms with E-state index in [-0.39, 0.29) is 47.1 Å². The van der Waals surface area contributed by atoms with Gasteiger partial charge in [-0.2, -0.15) is 8.42 Å². The number of hydrogen-bond donors (Lipinski definition) is 0. The van der Waals surface area contributed by atoms with E-state index in [1.165, 1.54) is 36.6 Å². The second-order valence-corrected chi connectivity index (χ2v) is 10.5. The Balaban J connectivity index is 1.46. The minimum absolute atomic E-state index is 0.0459. The zero-order chi connectivity index (χ0) is 27.0. The highest BCUT2D eigenvalue weighted by atomic mass is 32.2. The third-order valence-electron chi connectivity index (χ3n) is 6.08. The molecule has 0 aliphatic carbocycles. The zero-order valence-corrected chi connectivity index (χ0v) is 22.0. The fraction of sp³-hybridized carbons (Fsp3) is 0.357. The fourth-order valence-electron chi connectivity index (χ4n) is 4.09. The van der Waals surface area contributed by atoms with Gasteiger partial charge in [-0.15, -0.1) is 0 Å². The van der Waals surface area contributed by atoms with Crippen molar-refractivity contribution >= 4 is 22.0 Å². The van der Waals surface area contributed by atoms with Gasteiger partial charge in [0.05, 0.1) is 24.5 Å². The van der Waals surface area contributed by atoms with Gasteiger partial charge in [0.1, 0.15) is 10.6 Å². The molecule has 0 bridgehead atoms. The summed E-state index contributed by atoms with van der Waals surface area (Å²) in [5.74, 6) is -0.660. The summed E-state index contributed by atoms with van der Waals surface area (Å²) in [7, 11) is -4.31. The highest BCUT2D eigenvalue weighted by molar-refractivity contribution is 7.87. The second kappa shape index (κ2) is 12.7. The molecule has 0 radical (unpaired) electrons. The number of esters is 1. The average molecular weight is 542 g/mol. The van der Waals surface area contributed by atoms with Gasteiger partial charge in [-0.25, -0.2) is 4.79 Å². The van der Waals surface area contributed by atoms with E-state index in [2.05, 4.69) is 0 Å². The Labute approximate surface area is 222 Å². The zero-order valence-electron chi connectivity index (χ0n) is 21.2. The van der Waals surface area contributed by atoms with Gasteiger partial charge in [0.25, 0.3) is 5.91 Å². The summed E-state index contributed by atoms with van der Waals surface area (Å²) in [4.78, 5) is 26.9. The summed E-state index contributed by atoms with van der Waals surface area (Å²) in [6.07, 6.45) is 4.76. The lowest BCUT2D eigenvalue weighted by atomic mass is 10.1. The van der Waals surface area contributed by atoms with Crippen LogP contribution in [0, 0.1) is 0 Å². The minimum Gasteiger partial charge on any atom is -0.462 e. The van der Waals surface area contributed by atoms with Crippen LogP contribution in [0.2, 0.25) is 0 Å². The third-order valence-corrected chi connectivity index (χ3v) is 7.38. The van der Waals surface area contributed by atoms with Crippen molar-refractivity contribution < 1.29 is 36.1 Å². The molecule has 202 valence electrons. The van der Waals surface area contributed by atoms with Gasteiger partial charge in [0.2, 0.25) is 0 Å². The first kappa shape index (κ1) is 27.4. The monoisotopic (exact) mass is 541 g/mol. The molecule has 3 aromatic rings. The van der Waals surface area contributed by atoms with Gasteiger partial charge in [-0.1, -0.05) is 37.6 Å². The number of unbranched alkanes of at least 4 members (excludes halogenated alkanes) is 1. The SMILES string of the molecule is CCCCOC(=O)c1ccccc1S(=O)(=O)Oc1ccc(CN(C[C@H]2CCCO2)C(=O)c2ccco2)cc1. The summed E-state index contributed by atoms with van der Waals surface area (Å²) < 4.78 is 47.6. The van der Waals surface area contributed by atoms with Crippen molar-refractivity contribution in [2.45, 2.75) is 50.2 Å². The van der Waals surface area contributed by atoms with E-state index in [4.69, 9.17) is 18.1 Å². The molecule has 38 heavy (non-hydrogen) atoms. The Morgan fingerprint density at radius 2 is 1.84 bits per heavy atom. The number of benzene rings is 2. The Kier molecular flexibility index (Phi) is 9.19. The number of hydrogen-bond acceptors (Lipinski definition) is 8. The number of rotatable bonds is 12. The maximum atomic E-state index is 13.0.